The van der Waals surface area contributed by atoms with Crippen LogP contribution >= 0.6 is 0 Å². The molecule has 3 aromatic carbocycles. The van der Waals surface area contributed by atoms with Crippen molar-refractivity contribution in [1.82, 2.24) is 0 Å². The van der Waals surface area contributed by atoms with Gasteiger partial charge in [-0.15, -0.1) is 0 Å². The van der Waals surface area contributed by atoms with E-state index >= 15 is 0 Å². The summed E-state index contributed by atoms with van der Waals surface area (Å²) in [6, 6.07) is 20.4. The van der Waals surface area contributed by atoms with Crippen LogP contribution in [0.25, 0.3) is 5.57 Å². The number of carbonyl (C=O) groups is 2. The first-order valence-corrected chi connectivity index (χ1v) is 10.1. The summed E-state index contributed by atoms with van der Waals surface area (Å²) in [5, 5.41) is 3.22. The Kier molecular flexibility index (Phi) is 5.34. The second-order valence-corrected chi connectivity index (χ2v) is 7.69. The van der Waals surface area contributed by atoms with Gasteiger partial charge in [-0.1, -0.05) is 42.0 Å². The van der Waals surface area contributed by atoms with Crippen molar-refractivity contribution in [1.29, 1.82) is 0 Å². The molecule has 3 aromatic rings. The Morgan fingerprint density at radius 3 is 2.23 bits per heavy atom. The number of benzene rings is 3. The van der Waals surface area contributed by atoms with E-state index in [1.54, 1.807) is 31.4 Å². The molecule has 4 rings (SSSR count). The number of carbonyl (C=O) groups excluding carboxylic acids is 2. The molecule has 0 aliphatic carbocycles. The molecular formula is C26H24N2O3. The zero-order valence-corrected chi connectivity index (χ0v) is 18.0. The summed E-state index contributed by atoms with van der Waals surface area (Å²) in [5.74, 6) is -0.189. The van der Waals surface area contributed by atoms with Gasteiger partial charge in [-0.2, -0.15) is 0 Å². The van der Waals surface area contributed by atoms with Crippen LogP contribution in [0.15, 0.2) is 72.4 Å². The Labute approximate surface area is 182 Å². The molecule has 5 heteroatoms. The molecule has 0 saturated heterocycles. The lowest BCUT2D eigenvalue weighted by Crippen LogP contribution is -2.32. The molecule has 0 atom stereocenters. The molecule has 156 valence electrons. The largest absolute Gasteiger partial charge is 0.497 e. The van der Waals surface area contributed by atoms with Crippen molar-refractivity contribution in [2.75, 3.05) is 17.3 Å². The summed E-state index contributed by atoms with van der Waals surface area (Å²) in [5.41, 5.74) is 5.88. The van der Waals surface area contributed by atoms with Gasteiger partial charge < -0.3 is 10.1 Å². The van der Waals surface area contributed by atoms with Crippen molar-refractivity contribution >= 4 is 28.8 Å². The van der Waals surface area contributed by atoms with Gasteiger partial charge in [0.1, 0.15) is 11.4 Å². The molecule has 1 heterocycles. The van der Waals surface area contributed by atoms with Gasteiger partial charge in [0.2, 0.25) is 0 Å². The van der Waals surface area contributed by atoms with Gasteiger partial charge in [0.05, 0.1) is 18.4 Å². The average Bonchev–Trinajstić information content (AvgIpc) is 3.01. The van der Waals surface area contributed by atoms with Crippen LogP contribution in [0, 0.1) is 20.8 Å². The third-order valence-electron chi connectivity index (χ3n) is 5.51. The molecule has 0 unspecified atom stereocenters. The Balaban J connectivity index is 1.82. The zero-order valence-electron chi connectivity index (χ0n) is 18.0. The van der Waals surface area contributed by atoms with E-state index in [4.69, 9.17) is 4.74 Å². The second-order valence-electron chi connectivity index (χ2n) is 7.69. The fraction of sp³-hybridized carbons (Fsp3) is 0.154. The van der Waals surface area contributed by atoms with Crippen molar-refractivity contribution < 1.29 is 14.3 Å². The van der Waals surface area contributed by atoms with Crippen LogP contribution in [0.2, 0.25) is 0 Å². The maximum atomic E-state index is 13.5. The van der Waals surface area contributed by atoms with E-state index in [2.05, 4.69) is 5.32 Å². The molecule has 2 amide bonds. The van der Waals surface area contributed by atoms with Gasteiger partial charge in [0.25, 0.3) is 11.8 Å². The first kappa shape index (κ1) is 20.4. The van der Waals surface area contributed by atoms with E-state index in [0.29, 0.717) is 22.6 Å². The van der Waals surface area contributed by atoms with Crippen molar-refractivity contribution in [2.24, 2.45) is 0 Å². The topological polar surface area (TPSA) is 58.6 Å². The number of anilines is 2. The first-order valence-electron chi connectivity index (χ1n) is 10.1. The van der Waals surface area contributed by atoms with Crippen LogP contribution in [0.4, 0.5) is 11.4 Å². The molecule has 5 nitrogen and oxygen atoms in total. The van der Waals surface area contributed by atoms with Crippen LogP contribution in [-0.4, -0.2) is 18.9 Å². The highest BCUT2D eigenvalue weighted by Crippen LogP contribution is 2.35. The number of aryl methyl sites for hydroxylation is 3. The number of hydrogen-bond acceptors (Lipinski definition) is 4. The summed E-state index contributed by atoms with van der Waals surface area (Å²) in [6.07, 6.45) is 0. The third kappa shape index (κ3) is 3.82. The smallest absolute Gasteiger partial charge is 0.282 e. The molecule has 0 saturated carbocycles. The molecule has 1 aliphatic heterocycles. The fourth-order valence-corrected chi connectivity index (χ4v) is 3.58. The summed E-state index contributed by atoms with van der Waals surface area (Å²) in [7, 11) is 1.55. The van der Waals surface area contributed by atoms with E-state index in [9.17, 15) is 9.59 Å². The van der Waals surface area contributed by atoms with Gasteiger partial charge in [-0.25, -0.2) is 4.90 Å². The van der Waals surface area contributed by atoms with E-state index in [-0.39, 0.29) is 11.6 Å². The van der Waals surface area contributed by atoms with Crippen LogP contribution in [0.1, 0.15) is 22.3 Å². The van der Waals surface area contributed by atoms with Crippen LogP contribution in [-0.2, 0) is 9.59 Å². The number of hydrogen-bond donors (Lipinski definition) is 1. The minimum atomic E-state index is -0.396. The average molecular weight is 412 g/mol. The van der Waals surface area contributed by atoms with Gasteiger partial charge in [-0.3, -0.25) is 9.59 Å². The Hall–Kier alpha value is -3.86. The maximum Gasteiger partial charge on any atom is 0.282 e. The monoisotopic (exact) mass is 412 g/mol. The molecular weight excluding hydrogens is 388 g/mol. The Morgan fingerprint density at radius 2 is 1.55 bits per heavy atom. The van der Waals surface area contributed by atoms with Crippen LogP contribution in [0.5, 0.6) is 5.75 Å². The summed E-state index contributed by atoms with van der Waals surface area (Å²) < 4.78 is 5.28. The van der Waals surface area contributed by atoms with Crippen molar-refractivity contribution in [3.05, 3.63) is 94.7 Å². The normalized spacial score (nSPS) is 13.7. The first-order chi connectivity index (χ1) is 14.9. The molecule has 31 heavy (non-hydrogen) atoms. The molecule has 0 fully saturated rings. The predicted octanol–water partition coefficient (Wildman–Crippen LogP) is 5.02. The van der Waals surface area contributed by atoms with Crippen LogP contribution in [0.3, 0.4) is 0 Å². The van der Waals surface area contributed by atoms with E-state index in [0.717, 1.165) is 22.4 Å². The lowest BCUT2D eigenvalue weighted by Gasteiger charge is -2.16. The molecule has 0 bridgehead atoms. The third-order valence-corrected chi connectivity index (χ3v) is 5.51. The standard InChI is InChI=1S/C26H24N2O3/c1-16-8-11-19(12-9-16)23-24(27-20-13-10-17(2)18(3)14-20)26(30)28(25(23)29)21-6-5-7-22(15-21)31-4/h5-15,27H,1-4H3. The van der Waals surface area contributed by atoms with E-state index in [1.165, 1.54) is 4.90 Å². The maximum absolute atomic E-state index is 13.5. The summed E-state index contributed by atoms with van der Waals surface area (Å²) in [4.78, 5) is 28.2. The summed E-state index contributed by atoms with van der Waals surface area (Å²) >= 11 is 0. The minimum Gasteiger partial charge on any atom is -0.497 e. The highest BCUT2D eigenvalue weighted by molar-refractivity contribution is 6.46. The van der Waals surface area contributed by atoms with Gasteiger partial charge in [0, 0.05) is 11.8 Å². The molecule has 0 radical (unpaired) electrons. The van der Waals surface area contributed by atoms with E-state index < -0.39 is 5.91 Å². The number of imide groups is 1. The number of amides is 2. The Morgan fingerprint density at radius 1 is 0.806 bits per heavy atom. The fourth-order valence-electron chi connectivity index (χ4n) is 3.58. The number of methoxy groups -OCH3 is 1. The SMILES string of the molecule is COc1cccc(N2C(=O)C(Nc3ccc(C)c(C)c3)=C(c3ccc(C)cc3)C2=O)c1. The zero-order chi connectivity index (χ0) is 22.1. The second kappa shape index (κ2) is 8.11. The highest BCUT2D eigenvalue weighted by atomic mass is 16.5. The van der Waals surface area contributed by atoms with Gasteiger partial charge in [-0.05, 0) is 61.7 Å². The Bertz CT molecular complexity index is 1210. The molecule has 0 aromatic heterocycles. The van der Waals surface area contributed by atoms with Crippen molar-refractivity contribution in [2.45, 2.75) is 20.8 Å². The van der Waals surface area contributed by atoms with Crippen LogP contribution < -0.4 is 15.0 Å². The molecule has 1 N–H and O–H groups in total. The lowest BCUT2D eigenvalue weighted by atomic mass is 10.0. The number of ether oxygens (including phenoxy) is 1. The lowest BCUT2D eigenvalue weighted by molar-refractivity contribution is -0.120. The summed E-state index contributed by atoms with van der Waals surface area (Å²) in [6.45, 7) is 6.03. The number of nitrogens with one attached hydrogen (secondary N) is 1. The van der Waals surface area contributed by atoms with Crippen molar-refractivity contribution in [3.63, 3.8) is 0 Å². The molecule has 0 spiro atoms. The van der Waals surface area contributed by atoms with Crippen molar-refractivity contribution in [3.8, 4) is 5.75 Å². The minimum absolute atomic E-state index is 0.264. The quantitative estimate of drug-likeness (QED) is 0.598. The number of nitrogens with zero attached hydrogens (tertiary/aromatic N) is 1. The van der Waals surface area contributed by atoms with Gasteiger partial charge >= 0.3 is 0 Å². The number of rotatable bonds is 5. The van der Waals surface area contributed by atoms with E-state index in [1.807, 2.05) is 63.2 Å². The molecule has 1 aliphatic rings. The predicted molar refractivity (Wildman–Crippen MR) is 123 cm³/mol. The highest BCUT2D eigenvalue weighted by Gasteiger charge is 2.40. The van der Waals surface area contributed by atoms with Gasteiger partial charge in [0.15, 0.2) is 0 Å².